The standard InChI is InChI=1S/C14H28N2O3S/c1-3-12-6-4-5-7-14(12)15-20(17,18)16(2)13-8-10-19-11-9-13/h12-15H,3-11H2,1-2H3. The number of nitrogens with one attached hydrogen (secondary N) is 1. The van der Waals surface area contributed by atoms with Gasteiger partial charge in [0, 0.05) is 32.3 Å². The monoisotopic (exact) mass is 304 g/mol. The second kappa shape index (κ2) is 7.20. The molecular weight excluding hydrogens is 276 g/mol. The fourth-order valence-corrected chi connectivity index (χ4v) is 4.83. The van der Waals surface area contributed by atoms with Gasteiger partial charge in [0.2, 0.25) is 0 Å². The molecule has 0 spiro atoms. The van der Waals surface area contributed by atoms with Gasteiger partial charge in [0.15, 0.2) is 0 Å². The molecule has 1 saturated heterocycles. The highest BCUT2D eigenvalue weighted by Gasteiger charge is 2.32. The van der Waals surface area contributed by atoms with E-state index in [1.807, 2.05) is 0 Å². The van der Waals surface area contributed by atoms with Crippen LogP contribution in [0, 0.1) is 5.92 Å². The lowest BCUT2D eigenvalue weighted by Gasteiger charge is -2.35. The average Bonchev–Trinajstić information content (AvgIpc) is 2.47. The highest BCUT2D eigenvalue weighted by molar-refractivity contribution is 7.87. The average molecular weight is 304 g/mol. The molecule has 2 fully saturated rings. The zero-order valence-electron chi connectivity index (χ0n) is 12.7. The van der Waals surface area contributed by atoms with Gasteiger partial charge in [-0.15, -0.1) is 0 Å². The SMILES string of the molecule is CCC1CCCCC1NS(=O)(=O)N(C)C1CCOCC1. The number of hydrogen-bond acceptors (Lipinski definition) is 3. The van der Waals surface area contributed by atoms with E-state index in [4.69, 9.17) is 4.74 Å². The van der Waals surface area contributed by atoms with Gasteiger partial charge in [0.25, 0.3) is 10.2 Å². The van der Waals surface area contributed by atoms with Crippen LogP contribution in [0.25, 0.3) is 0 Å². The number of ether oxygens (including phenoxy) is 1. The largest absolute Gasteiger partial charge is 0.381 e. The van der Waals surface area contributed by atoms with Crippen LogP contribution < -0.4 is 4.72 Å². The minimum absolute atomic E-state index is 0.0740. The van der Waals surface area contributed by atoms with Gasteiger partial charge in [-0.2, -0.15) is 17.4 Å². The fourth-order valence-electron chi connectivity index (χ4n) is 3.37. The van der Waals surface area contributed by atoms with Crippen molar-refractivity contribution in [2.45, 2.75) is 64.0 Å². The van der Waals surface area contributed by atoms with Gasteiger partial charge < -0.3 is 4.74 Å². The Labute approximate surface area is 123 Å². The molecule has 0 amide bonds. The minimum atomic E-state index is -3.37. The van der Waals surface area contributed by atoms with Gasteiger partial charge in [-0.05, 0) is 31.6 Å². The summed E-state index contributed by atoms with van der Waals surface area (Å²) in [7, 11) is -1.68. The molecule has 0 aromatic carbocycles. The first kappa shape index (κ1) is 16.2. The van der Waals surface area contributed by atoms with E-state index >= 15 is 0 Å². The number of rotatable bonds is 5. The van der Waals surface area contributed by atoms with Crippen molar-refractivity contribution in [2.75, 3.05) is 20.3 Å². The van der Waals surface area contributed by atoms with Crippen molar-refractivity contribution in [3.63, 3.8) is 0 Å². The molecule has 2 atom stereocenters. The van der Waals surface area contributed by atoms with E-state index in [2.05, 4.69) is 11.6 Å². The smallest absolute Gasteiger partial charge is 0.279 e. The lowest BCUT2D eigenvalue weighted by Crippen LogP contribution is -2.51. The molecule has 0 aromatic rings. The molecule has 2 rings (SSSR count). The van der Waals surface area contributed by atoms with Crippen LogP contribution in [0.15, 0.2) is 0 Å². The Kier molecular flexibility index (Phi) is 5.84. The summed E-state index contributed by atoms with van der Waals surface area (Å²) in [4.78, 5) is 0. The summed E-state index contributed by atoms with van der Waals surface area (Å²) >= 11 is 0. The molecule has 0 radical (unpaired) electrons. The van der Waals surface area contributed by atoms with E-state index in [1.165, 1.54) is 10.7 Å². The predicted molar refractivity (Wildman–Crippen MR) is 79.7 cm³/mol. The Balaban J connectivity index is 1.98. The van der Waals surface area contributed by atoms with Gasteiger partial charge >= 0.3 is 0 Å². The summed E-state index contributed by atoms with van der Waals surface area (Å²) in [5, 5.41) is 0. The maximum Gasteiger partial charge on any atom is 0.279 e. The normalized spacial score (nSPS) is 29.8. The van der Waals surface area contributed by atoms with Gasteiger partial charge in [-0.3, -0.25) is 0 Å². The molecule has 20 heavy (non-hydrogen) atoms. The van der Waals surface area contributed by atoms with Gasteiger partial charge in [0.1, 0.15) is 0 Å². The number of hydrogen-bond donors (Lipinski definition) is 1. The van der Waals surface area contributed by atoms with E-state index in [0.717, 1.165) is 38.5 Å². The fraction of sp³-hybridized carbons (Fsp3) is 1.00. The molecule has 0 bridgehead atoms. The molecular formula is C14H28N2O3S. The van der Waals surface area contributed by atoms with Crippen molar-refractivity contribution in [1.29, 1.82) is 0 Å². The van der Waals surface area contributed by atoms with Crippen LogP contribution in [0.5, 0.6) is 0 Å². The molecule has 1 aliphatic carbocycles. The van der Waals surface area contributed by atoms with E-state index in [9.17, 15) is 8.42 Å². The first-order valence-electron chi connectivity index (χ1n) is 7.87. The van der Waals surface area contributed by atoms with Gasteiger partial charge in [0.05, 0.1) is 0 Å². The van der Waals surface area contributed by atoms with Crippen molar-refractivity contribution >= 4 is 10.2 Å². The highest BCUT2D eigenvalue weighted by atomic mass is 32.2. The summed E-state index contributed by atoms with van der Waals surface area (Å²) in [6, 6.07) is 0.186. The molecule has 0 aromatic heterocycles. The third-order valence-electron chi connectivity index (χ3n) is 4.82. The summed E-state index contributed by atoms with van der Waals surface area (Å²) < 4.78 is 34.8. The quantitative estimate of drug-likeness (QED) is 0.844. The van der Waals surface area contributed by atoms with E-state index in [1.54, 1.807) is 7.05 Å². The Bertz CT molecular complexity index is 393. The maximum atomic E-state index is 12.5. The lowest BCUT2D eigenvalue weighted by molar-refractivity contribution is 0.0627. The summed E-state index contributed by atoms with van der Waals surface area (Å²) in [5.41, 5.74) is 0. The summed E-state index contributed by atoms with van der Waals surface area (Å²) in [6.07, 6.45) is 7.11. The van der Waals surface area contributed by atoms with Crippen molar-refractivity contribution in [2.24, 2.45) is 5.92 Å². The Hall–Kier alpha value is -0.170. The number of nitrogens with zero attached hydrogens (tertiary/aromatic N) is 1. The third-order valence-corrected chi connectivity index (χ3v) is 6.47. The first-order valence-corrected chi connectivity index (χ1v) is 9.31. The molecule has 1 saturated carbocycles. The molecule has 1 aliphatic heterocycles. The van der Waals surface area contributed by atoms with Crippen LogP contribution in [-0.4, -0.2) is 45.1 Å². The van der Waals surface area contributed by atoms with Crippen molar-refractivity contribution in [3.8, 4) is 0 Å². The third kappa shape index (κ3) is 3.93. The topological polar surface area (TPSA) is 58.6 Å². The van der Waals surface area contributed by atoms with Crippen molar-refractivity contribution in [1.82, 2.24) is 9.03 Å². The molecule has 1 heterocycles. The van der Waals surface area contributed by atoms with Crippen LogP contribution in [0.4, 0.5) is 0 Å². The lowest BCUT2D eigenvalue weighted by atomic mass is 9.83. The molecule has 5 nitrogen and oxygen atoms in total. The summed E-state index contributed by atoms with van der Waals surface area (Å²) in [5.74, 6) is 0.488. The van der Waals surface area contributed by atoms with Gasteiger partial charge in [-0.25, -0.2) is 0 Å². The molecule has 6 heteroatoms. The Morgan fingerprint density at radius 3 is 2.45 bits per heavy atom. The van der Waals surface area contributed by atoms with E-state index < -0.39 is 10.2 Å². The Morgan fingerprint density at radius 2 is 1.80 bits per heavy atom. The van der Waals surface area contributed by atoms with E-state index in [0.29, 0.717) is 19.1 Å². The van der Waals surface area contributed by atoms with E-state index in [-0.39, 0.29) is 12.1 Å². The second-order valence-electron chi connectivity index (χ2n) is 6.04. The van der Waals surface area contributed by atoms with Crippen LogP contribution in [0.1, 0.15) is 51.9 Å². The molecule has 118 valence electrons. The zero-order chi connectivity index (χ0) is 14.6. The highest BCUT2D eigenvalue weighted by Crippen LogP contribution is 2.28. The predicted octanol–water partition coefficient (Wildman–Crippen LogP) is 1.90. The molecule has 2 aliphatic rings. The van der Waals surface area contributed by atoms with Crippen LogP contribution >= 0.6 is 0 Å². The van der Waals surface area contributed by atoms with Crippen molar-refractivity contribution in [3.05, 3.63) is 0 Å². The van der Waals surface area contributed by atoms with Gasteiger partial charge in [-0.1, -0.05) is 26.2 Å². The maximum absolute atomic E-state index is 12.5. The van der Waals surface area contributed by atoms with Crippen LogP contribution in [0.2, 0.25) is 0 Å². The second-order valence-corrected chi connectivity index (χ2v) is 7.80. The minimum Gasteiger partial charge on any atom is -0.381 e. The summed E-state index contributed by atoms with van der Waals surface area (Å²) in [6.45, 7) is 3.47. The van der Waals surface area contributed by atoms with Crippen LogP contribution in [0.3, 0.4) is 0 Å². The van der Waals surface area contributed by atoms with Crippen molar-refractivity contribution < 1.29 is 13.2 Å². The molecule has 1 N–H and O–H groups in total. The zero-order valence-corrected chi connectivity index (χ0v) is 13.5. The van der Waals surface area contributed by atoms with Crippen LogP contribution in [-0.2, 0) is 14.9 Å². The Morgan fingerprint density at radius 1 is 1.15 bits per heavy atom. The molecule has 2 unspecified atom stereocenters. The first-order chi connectivity index (χ1) is 9.54.